The Hall–Kier alpha value is 0.491. The van der Waals surface area contributed by atoms with Crippen molar-refractivity contribution in [3.63, 3.8) is 0 Å². The molecule has 0 fully saturated rings. The Bertz CT molecular complexity index is 326. The third-order valence-corrected chi connectivity index (χ3v) is 18.7. The summed E-state index contributed by atoms with van der Waals surface area (Å²) in [5, 5.41) is 0.367. The molecule has 0 unspecified atom stereocenters. The van der Waals surface area contributed by atoms with Crippen molar-refractivity contribution in [1.82, 2.24) is 4.23 Å². The predicted molar refractivity (Wildman–Crippen MR) is 103 cm³/mol. The number of nitrogens with zero attached hydrogens (tertiary/aromatic N) is 1. The Morgan fingerprint density at radius 1 is 0.818 bits per heavy atom. The maximum absolute atomic E-state index is 5.56. The summed E-state index contributed by atoms with van der Waals surface area (Å²) in [6.07, 6.45) is 1.07. The second-order valence-corrected chi connectivity index (χ2v) is 22.1. The van der Waals surface area contributed by atoms with E-state index in [4.69, 9.17) is 13.3 Å². The molecular weight excluding hydrogens is 326 g/mol. The van der Waals surface area contributed by atoms with E-state index in [2.05, 4.69) is 57.7 Å². The quantitative estimate of drug-likeness (QED) is 0.567. The molecule has 0 radical (unpaired) electrons. The SMILES string of the molecule is CO[Si](CCCN([Si](C)(C)C)[Si](C)(C)C(C)(C)C)(OC)OC. The largest absolute Gasteiger partial charge is 0.500 e. The van der Waals surface area contributed by atoms with Gasteiger partial charge in [-0.1, -0.05) is 53.5 Å². The fourth-order valence-corrected chi connectivity index (χ4v) is 14.6. The topological polar surface area (TPSA) is 30.9 Å². The Labute approximate surface area is 142 Å². The number of hydrogen-bond acceptors (Lipinski definition) is 4. The van der Waals surface area contributed by atoms with E-state index in [9.17, 15) is 0 Å². The lowest BCUT2D eigenvalue weighted by Gasteiger charge is -2.52. The van der Waals surface area contributed by atoms with E-state index >= 15 is 0 Å². The molecule has 0 amide bonds. The van der Waals surface area contributed by atoms with Crippen molar-refractivity contribution in [3.8, 4) is 0 Å². The average Bonchev–Trinajstić information content (AvgIpc) is 2.36. The van der Waals surface area contributed by atoms with Gasteiger partial charge in [-0.2, -0.15) is 0 Å². The molecule has 0 saturated carbocycles. The van der Waals surface area contributed by atoms with Crippen LogP contribution in [-0.4, -0.2) is 57.4 Å². The third-order valence-electron chi connectivity index (χ3n) is 5.12. The summed E-state index contributed by atoms with van der Waals surface area (Å²) in [6.45, 7) is 20.7. The summed E-state index contributed by atoms with van der Waals surface area (Å²) in [4.78, 5) is 0. The summed E-state index contributed by atoms with van der Waals surface area (Å²) in [5.74, 6) is 0. The fourth-order valence-electron chi connectivity index (χ4n) is 2.87. The molecule has 0 rings (SSSR count). The van der Waals surface area contributed by atoms with E-state index in [0.717, 1.165) is 19.0 Å². The van der Waals surface area contributed by atoms with E-state index in [-0.39, 0.29) is 0 Å². The molecule has 134 valence electrons. The molecule has 4 nitrogen and oxygen atoms in total. The lowest BCUT2D eigenvalue weighted by atomic mass is 10.2. The molecule has 0 N–H and O–H groups in total. The van der Waals surface area contributed by atoms with E-state index in [0.29, 0.717) is 5.04 Å². The van der Waals surface area contributed by atoms with E-state index in [1.54, 1.807) is 21.3 Å². The van der Waals surface area contributed by atoms with Gasteiger partial charge in [0.25, 0.3) is 0 Å². The van der Waals surface area contributed by atoms with E-state index in [1.807, 2.05) is 0 Å². The van der Waals surface area contributed by atoms with Gasteiger partial charge in [0.1, 0.15) is 16.5 Å². The van der Waals surface area contributed by atoms with Crippen molar-refractivity contribution in [2.75, 3.05) is 27.9 Å². The zero-order chi connectivity index (χ0) is 17.8. The summed E-state index contributed by atoms with van der Waals surface area (Å²) < 4.78 is 19.5. The molecule has 0 aromatic rings. The summed E-state index contributed by atoms with van der Waals surface area (Å²) >= 11 is 0. The van der Waals surface area contributed by atoms with Gasteiger partial charge in [0.05, 0.1) is 0 Å². The highest BCUT2D eigenvalue weighted by molar-refractivity contribution is 6.91. The third kappa shape index (κ3) is 5.54. The maximum atomic E-state index is 5.56. The van der Waals surface area contributed by atoms with Crippen LogP contribution in [0.4, 0.5) is 0 Å². The highest BCUT2D eigenvalue weighted by Crippen LogP contribution is 2.40. The Kier molecular flexibility index (Phi) is 8.22. The zero-order valence-corrected chi connectivity index (χ0v) is 19.8. The van der Waals surface area contributed by atoms with Crippen LogP contribution in [0, 0.1) is 0 Å². The van der Waals surface area contributed by atoms with Crippen LogP contribution in [0.25, 0.3) is 0 Å². The lowest BCUT2D eigenvalue weighted by Crippen LogP contribution is -2.64. The molecule has 0 aliphatic heterocycles. The molecule has 0 atom stereocenters. The van der Waals surface area contributed by atoms with Crippen molar-refractivity contribution in [3.05, 3.63) is 0 Å². The number of hydrogen-bond donors (Lipinski definition) is 0. The predicted octanol–water partition coefficient (Wildman–Crippen LogP) is 4.40. The normalized spacial score (nSPS) is 14.7. The first-order valence-corrected chi connectivity index (χ1v) is 16.5. The highest BCUT2D eigenvalue weighted by Gasteiger charge is 2.46. The standard InChI is InChI=1S/C15H39NO3Si3/c1-15(2,3)21(10,11)16(20(7,8)9)13-12-14-22(17-4,18-5)19-6/h12-14H2,1-11H3. The summed E-state index contributed by atoms with van der Waals surface area (Å²) in [6, 6.07) is 0.881. The second-order valence-electron chi connectivity index (χ2n) is 8.53. The second kappa shape index (κ2) is 8.04. The molecule has 0 aromatic heterocycles. The minimum absolute atomic E-state index is 0.367. The van der Waals surface area contributed by atoms with Crippen molar-refractivity contribution >= 4 is 25.3 Å². The average molecular weight is 366 g/mol. The first-order valence-electron chi connectivity index (χ1n) is 8.20. The van der Waals surface area contributed by atoms with Crippen LogP contribution < -0.4 is 0 Å². The molecule has 0 aromatic carbocycles. The molecule has 0 aliphatic rings. The zero-order valence-electron chi connectivity index (χ0n) is 16.8. The van der Waals surface area contributed by atoms with Crippen molar-refractivity contribution in [1.29, 1.82) is 0 Å². The van der Waals surface area contributed by atoms with Crippen molar-refractivity contribution in [2.45, 2.75) is 71.0 Å². The molecule has 0 bridgehead atoms. The van der Waals surface area contributed by atoms with Crippen molar-refractivity contribution in [2.24, 2.45) is 0 Å². The van der Waals surface area contributed by atoms with Crippen molar-refractivity contribution < 1.29 is 13.3 Å². The molecule has 0 heterocycles. The molecule has 0 aliphatic carbocycles. The summed E-state index contributed by atoms with van der Waals surface area (Å²) in [5.41, 5.74) is 0. The Balaban J connectivity index is 5.08. The van der Waals surface area contributed by atoms with Gasteiger partial charge in [0, 0.05) is 27.4 Å². The van der Waals surface area contributed by atoms with Gasteiger partial charge in [0.15, 0.2) is 0 Å². The first kappa shape index (κ1) is 22.5. The minimum Gasteiger partial charge on any atom is -0.377 e. The molecule has 0 spiro atoms. The monoisotopic (exact) mass is 365 g/mol. The van der Waals surface area contributed by atoms with Crippen LogP contribution in [0.1, 0.15) is 27.2 Å². The Morgan fingerprint density at radius 2 is 1.23 bits per heavy atom. The smallest absolute Gasteiger partial charge is 0.377 e. The van der Waals surface area contributed by atoms with Gasteiger partial charge in [-0.25, -0.2) is 0 Å². The maximum Gasteiger partial charge on any atom is 0.500 e. The molecule has 7 heteroatoms. The van der Waals surface area contributed by atoms with Crippen LogP contribution in [0.2, 0.25) is 43.8 Å². The summed E-state index contributed by atoms with van der Waals surface area (Å²) in [7, 11) is -0.230. The van der Waals surface area contributed by atoms with Crippen LogP contribution in [0.15, 0.2) is 0 Å². The van der Waals surface area contributed by atoms with Gasteiger partial charge in [-0.15, -0.1) is 0 Å². The highest BCUT2D eigenvalue weighted by atomic mass is 28.4. The molecule has 22 heavy (non-hydrogen) atoms. The van der Waals surface area contributed by atoms with Crippen LogP contribution in [-0.2, 0) is 13.3 Å². The minimum atomic E-state index is -2.44. The van der Waals surface area contributed by atoms with Gasteiger partial charge in [0.2, 0.25) is 0 Å². The first-order chi connectivity index (χ1) is 9.77. The van der Waals surface area contributed by atoms with Crippen LogP contribution >= 0.6 is 0 Å². The Morgan fingerprint density at radius 3 is 1.50 bits per heavy atom. The van der Waals surface area contributed by atoms with Crippen LogP contribution in [0.3, 0.4) is 0 Å². The van der Waals surface area contributed by atoms with E-state index in [1.165, 1.54) is 0 Å². The van der Waals surface area contributed by atoms with Gasteiger partial charge in [-0.3, -0.25) is 0 Å². The number of rotatable bonds is 9. The fraction of sp³-hybridized carbons (Fsp3) is 1.00. The molecule has 0 saturated heterocycles. The molecular formula is C15H39NO3Si3. The van der Waals surface area contributed by atoms with Gasteiger partial charge >= 0.3 is 8.80 Å². The van der Waals surface area contributed by atoms with Gasteiger partial charge < -0.3 is 17.5 Å². The lowest BCUT2D eigenvalue weighted by molar-refractivity contribution is 0.122. The van der Waals surface area contributed by atoms with E-state index < -0.39 is 25.3 Å². The van der Waals surface area contributed by atoms with Gasteiger partial charge in [-0.05, 0) is 18.0 Å². The van der Waals surface area contributed by atoms with Crippen LogP contribution in [0.5, 0.6) is 0 Å².